The van der Waals surface area contributed by atoms with Gasteiger partial charge in [-0.1, -0.05) is 32.9 Å². The number of ether oxygens (including phenoxy) is 1. The Bertz CT molecular complexity index is 609. The fourth-order valence-corrected chi connectivity index (χ4v) is 2.32. The van der Waals surface area contributed by atoms with E-state index in [-0.39, 0.29) is 5.41 Å². The zero-order chi connectivity index (χ0) is 14.9. The number of benzene rings is 1. The highest BCUT2D eigenvalue weighted by atomic mass is 16.5. The van der Waals surface area contributed by atoms with E-state index in [9.17, 15) is 0 Å². The first-order chi connectivity index (χ1) is 9.36. The van der Waals surface area contributed by atoms with E-state index >= 15 is 0 Å². The topological polar surface area (TPSA) is 53.1 Å². The van der Waals surface area contributed by atoms with Crippen LogP contribution in [0.3, 0.4) is 0 Å². The van der Waals surface area contributed by atoms with Crippen LogP contribution in [0.5, 0.6) is 5.75 Å². The molecule has 0 amide bonds. The first kappa shape index (κ1) is 14.4. The molecule has 108 valence electrons. The van der Waals surface area contributed by atoms with Crippen LogP contribution >= 0.6 is 0 Å². The lowest BCUT2D eigenvalue weighted by Crippen LogP contribution is -2.17. The van der Waals surface area contributed by atoms with Crippen molar-refractivity contribution in [2.24, 2.45) is 7.05 Å². The number of imidazole rings is 1. The van der Waals surface area contributed by atoms with Gasteiger partial charge < -0.3 is 15.0 Å². The molecular formula is C16H23N3O. The molecule has 0 fully saturated rings. The summed E-state index contributed by atoms with van der Waals surface area (Å²) in [6, 6.07) is 7.88. The molecular weight excluding hydrogens is 250 g/mol. The molecule has 0 saturated carbocycles. The summed E-state index contributed by atoms with van der Waals surface area (Å²) in [4.78, 5) is 4.75. The number of rotatable bonds is 3. The van der Waals surface area contributed by atoms with Gasteiger partial charge in [-0.2, -0.15) is 0 Å². The Balaban J connectivity index is 2.60. The van der Waals surface area contributed by atoms with Crippen LogP contribution in [0.2, 0.25) is 0 Å². The van der Waals surface area contributed by atoms with Crippen molar-refractivity contribution in [2.75, 3.05) is 12.3 Å². The number of para-hydroxylation sites is 1. The lowest BCUT2D eigenvalue weighted by Gasteiger charge is -2.17. The highest BCUT2D eigenvalue weighted by Gasteiger charge is 2.24. The number of hydrogen-bond donors (Lipinski definition) is 1. The van der Waals surface area contributed by atoms with E-state index in [1.54, 1.807) is 0 Å². The van der Waals surface area contributed by atoms with Gasteiger partial charge >= 0.3 is 0 Å². The van der Waals surface area contributed by atoms with Gasteiger partial charge in [-0.15, -0.1) is 0 Å². The van der Waals surface area contributed by atoms with Crippen molar-refractivity contribution >= 4 is 5.82 Å². The van der Waals surface area contributed by atoms with Crippen molar-refractivity contribution in [3.63, 3.8) is 0 Å². The third-order valence-corrected chi connectivity index (χ3v) is 3.25. The molecule has 2 N–H and O–H groups in total. The highest BCUT2D eigenvalue weighted by molar-refractivity contribution is 5.76. The Morgan fingerprint density at radius 3 is 2.45 bits per heavy atom. The van der Waals surface area contributed by atoms with Gasteiger partial charge in [-0.05, 0) is 19.1 Å². The van der Waals surface area contributed by atoms with E-state index in [2.05, 4.69) is 20.8 Å². The number of nitrogen functional groups attached to an aromatic ring is 1. The second kappa shape index (κ2) is 5.19. The molecule has 0 atom stereocenters. The average Bonchev–Trinajstić information content (AvgIpc) is 2.67. The number of nitrogens with zero attached hydrogens (tertiary/aromatic N) is 2. The molecule has 0 unspecified atom stereocenters. The minimum Gasteiger partial charge on any atom is -0.493 e. The van der Waals surface area contributed by atoms with Gasteiger partial charge in [0.15, 0.2) is 0 Å². The summed E-state index contributed by atoms with van der Waals surface area (Å²) in [5, 5.41) is 0. The molecule has 0 aliphatic heterocycles. The van der Waals surface area contributed by atoms with Crippen LogP contribution in [0.15, 0.2) is 24.3 Å². The SMILES string of the molecule is CCOc1ccccc1-c1nc(C(C)(C)C)n(C)c1N. The molecule has 20 heavy (non-hydrogen) atoms. The Labute approximate surface area is 120 Å². The Morgan fingerprint density at radius 2 is 1.90 bits per heavy atom. The van der Waals surface area contributed by atoms with Crippen molar-refractivity contribution in [3.05, 3.63) is 30.1 Å². The first-order valence-corrected chi connectivity index (χ1v) is 6.91. The van der Waals surface area contributed by atoms with E-state index < -0.39 is 0 Å². The highest BCUT2D eigenvalue weighted by Crippen LogP contribution is 2.35. The van der Waals surface area contributed by atoms with Crippen molar-refractivity contribution in [1.82, 2.24) is 9.55 Å². The molecule has 0 radical (unpaired) electrons. The maximum Gasteiger partial charge on any atom is 0.131 e. The van der Waals surface area contributed by atoms with Gasteiger partial charge in [0, 0.05) is 18.0 Å². The average molecular weight is 273 g/mol. The molecule has 2 rings (SSSR count). The molecule has 4 nitrogen and oxygen atoms in total. The molecule has 2 aromatic rings. The minimum atomic E-state index is -0.0539. The van der Waals surface area contributed by atoms with E-state index in [1.807, 2.05) is 42.8 Å². The Kier molecular flexibility index (Phi) is 3.75. The van der Waals surface area contributed by atoms with Crippen LogP contribution in [0.1, 0.15) is 33.5 Å². The van der Waals surface area contributed by atoms with E-state index in [1.165, 1.54) is 0 Å². The van der Waals surface area contributed by atoms with Gasteiger partial charge in [0.25, 0.3) is 0 Å². The van der Waals surface area contributed by atoms with E-state index in [0.717, 1.165) is 22.8 Å². The zero-order valence-corrected chi connectivity index (χ0v) is 12.9. The molecule has 4 heteroatoms. The molecule has 0 saturated heterocycles. The maximum absolute atomic E-state index is 6.24. The summed E-state index contributed by atoms with van der Waals surface area (Å²) in [6.07, 6.45) is 0. The number of nitrogens with two attached hydrogens (primary N) is 1. The summed E-state index contributed by atoms with van der Waals surface area (Å²) in [7, 11) is 1.95. The van der Waals surface area contributed by atoms with Gasteiger partial charge in [0.1, 0.15) is 23.1 Å². The molecule has 0 bridgehead atoms. The second-order valence-corrected chi connectivity index (χ2v) is 5.91. The van der Waals surface area contributed by atoms with E-state index in [4.69, 9.17) is 15.5 Å². The lowest BCUT2D eigenvalue weighted by molar-refractivity contribution is 0.341. The van der Waals surface area contributed by atoms with Gasteiger partial charge in [0.05, 0.1) is 6.61 Å². The van der Waals surface area contributed by atoms with Crippen molar-refractivity contribution < 1.29 is 4.74 Å². The van der Waals surface area contributed by atoms with Crippen LogP contribution in [-0.4, -0.2) is 16.2 Å². The Hall–Kier alpha value is -1.97. The third-order valence-electron chi connectivity index (χ3n) is 3.25. The third kappa shape index (κ3) is 2.50. The fraction of sp³-hybridized carbons (Fsp3) is 0.438. The molecule has 1 aromatic carbocycles. The quantitative estimate of drug-likeness (QED) is 0.933. The first-order valence-electron chi connectivity index (χ1n) is 6.91. The lowest BCUT2D eigenvalue weighted by atomic mass is 9.96. The molecule has 0 aliphatic carbocycles. The maximum atomic E-state index is 6.24. The summed E-state index contributed by atoms with van der Waals surface area (Å²) in [6.45, 7) is 8.99. The number of aromatic nitrogens is 2. The van der Waals surface area contributed by atoms with Crippen LogP contribution < -0.4 is 10.5 Å². The van der Waals surface area contributed by atoms with Crippen LogP contribution in [0.25, 0.3) is 11.3 Å². The second-order valence-electron chi connectivity index (χ2n) is 5.91. The van der Waals surface area contributed by atoms with Crippen molar-refractivity contribution in [2.45, 2.75) is 33.1 Å². The number of anilines is 1. The standard InChI is InChI=1S/C16H23N3O/c1-6-20-12-10-8-7-9-11(12)13-14(17)19(5)15(18-13)16(2,3)4/h7-10H,6,17H2,1-5H3. The smallest absolute Gasteiger partial charge is 0.131 e. The van der Waals surface area contributed by atoms with Crippen LogP contribution in [-0.2, 0) is 12.5 Å². The van der Waals surface area contributed by atoms with Gasteiger partial charge in [0.2, 0.25) is 0 Å². The summed E-state index contributed by atoms with van der Waals surface area (Å²) >= 11 is 0. The van der Waals surface area contributed by atoms with Crippen molar-refractivity contribution in [3.8, 4) is 17.0 Å². The fourth-order valence-electron chi connectivity index (χ4n) is 2.32. The molecule has 0 aliphatic rings. The summed E-state index contributed by atoms with van der Waals surface area (Å²) in [5.74, 6) is 2.46. The van der Waals surface area contributed by atoms with Crippen LogP contribution in [0.4, 0.5) is 5.82 Å². The van der Waals surface area contributed by atoms with Gasteiger partial charge in [-0.3, -0.25) is 0 Å². The Morgan fingerprint density at radius 1 is 1.25 bits per heavy atom. The summed E-state index contributed by atoms with van der Waals surface area (Å²) < 4.78 is 7.63. The van der Waals surface area contributed by atoms with Crippen molar-refractivity contribution in [1.29, 1.82) is 0 Å². The normalized spacial score (nSPS) is 11.7. The number of hydrogen-bond acceptors (Lipinski definition) is 3. The van der Waals surface area contributed by atoms with E-state index in [0.29, 0.717) is 12.4 Å². The predicted molar refractivity (Wildman–Crippen MR) is 82.9 cm³/mol. The predicted octanol–water partition coefficient (Wildman–Crippen LogP) is 3.37. The monoisotopic (exact) mass is 273 g/mol. The molecule has 1 aromatic heterocycles. The molecule has 1 heterocycles. The largest absolute Gasteiger partial charge is 0.493 e. The zero-order valence-electron chi connectivity index (χ0n) is 12.9. The minimum absolute atomic E-state index is 0.0539. The molecule has 0 spiro atoms. The summed E-state index contributed by atoms with van der Waals surface area (Å²) in [5.41, 5.74) is 7.92. The van der Waals surface area contributed by atoms with Gasteiger partial charge in [-0.25, -0.2) is 4.98 Å². The van der Waals surface area contributed by atoms with Crippen LogP contribution in [0, 0.1) is 0 Å².